The molecule has 8 nitrogen and oxygen atoms in total. The van der Waals surface area contributed by atoms with Crippen LogP contribution in [-0.2, 0) is 21.0 Å². The van der Waals surface area contributed by atoms with Crippen molar-refractivity contribution in [1.82, 2.24) is 4.98 Å². The number of hydrogen-bond donors (Lipinski definition) is 0. The number of carbonyl (C=O) groups excluding carboxylic acids is 1. The molecule has 2 aromatic rings. The van der Waals surface area contributed by atoms with E-state index in [2.05, 4.69) is 9.82 Å². The number of ether oxygens (including phenoxy) is 2. The zero-order valence-electron chi connectivity index (χ0n) is 14.5. The molecule has 1 aliphatic rings. The van der Waals surface area contributed by atoms with E-state index >= 15 is 0 Å². The van der Waals surface area contributed by atoms with Crippen LogP contribution in [0.15, 0.2) is 30.5 Å². The number of benzene rings is 1. The molecule has 0 saturated carbocycles. The Kier molecular flexibility index (Phi) is 5.88. The third kappa shape index (κ3) is 4.53. The Morgan fingerprint density at radius 3 is 2.85 bits per heavy atom. The number of carbonyl (C=O) groups is 1. The summed E-state index contributed by atoms with van der Waals surface area (Å²) < 4.78 is 11.4. The molecule has 1 aromatic carbocycles. The second kappa shape index (κ2) is 8.32. The van der Waals surface area contributed by atoms with Crippen LogP contribution in [0.5, 0.6) is 5.75 Å². The summed E-state index contributed by atoms with van der Waals surface area (Å²) in [7, 11) is 0. The van der Waals surface area contributed by atoms with Crippen molar-refractivity contribution in [3.8, 4) is 5.75 Å². The van der Waals surface area contributed by atoms with Gasteiger partial charge in [-0.15, -0.1) is 10.1 Å². The van der Waals surface area contributed by atoms with Crippen LogP contribution in [0.25, 0.3) is 0 Å². The second-order valence-corrected chi connectivity index (χ2v) is 6.42. The number of esters is 1. The van der Waals surface area contributed by atoms with Crippen LogP contribution in [0.1, 0.15) is 41.3 Å². The molecule has 27 heavy (non-hydrogen) atoms. The zero-order valence-corrected chi connectivity index (χ0v) is 15.3. The van der Waals surface area contributed by atoms with Crippen molar-refractivity contribution < 1.29 is 24.2 Å². The fraction of sp³-hybridized carbons (Fsp3) is 0.333. The topological polar surface area (TPSA) is 101 Å². The van der Waals surface area contributed by atoms with Crippen LogP contribution in [-0.4, -0.2) is 22.6 Å². The summed E-state index contributed by atoms with van der Waals surface area (Å²) in [6.07, 6.45) is 1.60. The van der Waals surface area contributed by atoms with Gasteiger partial charge in [-0.25, -0.2) is 0 Å². The van der Waals surface area contributed by atoms with Gasteiger partial charge in [0, 0.05) is 28.8 Å². The Labute approximate surface area is 160 Å². The zero-order chi connectivity index (χ0) is 19.4. The molecule has 0 aliphatic carbocycles. The lowest BCUT2D eigenvalue weighted by molar-refractivity contribution is -0.757. The maximum Gasteiger partial charge on any atom is 0.311 e. The summed E-state index contributed by atoms with van der Waals surface area (Å²) in [5, 5.41) is 9.85. The van der Waals surface area contributed by atoms with Gasteiger partial charge >= 0.3 is 5.97 Å². The lowest BCUT2D eigenvalue weighted by Crippen LogP contribution is -2.13. The predicted molar refractivity (Wildman–Crippen MR) is 94.9 cm³/mol. The van der Waals surface area contributed by atoms with E-state index in [0.29, 0.717) is 23.1 Å². The summed E-state index contributed by atoms with van der Waals surface area (Å²) in [5.41, 5.74) is 3.11. The summed E-state index contributed by atoms with van der Waals surface area (Å²) >= 11 is 5.93. The average Bonchev–Trinajstić information content (AvgIpc) is 3.06. The molecule has 2 heterocycles. The van der Waals surface area contributed by atoms with Crippen LogP contribution in [0.3, 0.4) is 0 Å². The average molecular weight is 393 g/mol. The van der Waals surface area contributed by atoms with Crippen molar-refractivity contribution in [3.05, 3.63) is 68.0 Å². The van der Waals surface area contributed by atoms with Gasteiger partial charge in [0.2, 0.25) is 0 Å². The standard InChI is InChI=1S/C18H17ClN2O6/c1-11-17(27-16(22)3-2-8-26-21(23)24)15-10-25-18(14(15)9-20-11)12-4-6-13(19)7-5-12/h4-7,9,18H,2-3,8,10H2,1H3/t18-/m0/s1. The van der Waals surface area contributed by atoms with Crippen LogP contribution in [0.2, 0.25) is 5.02 Å². The molecule has 0 saturated heterocycles. The third-order valence-corrected chi connectivity index (χ3v) is 4.39. The van der Waals surface area contributed by atoms with Gasteiger partial charge in [-0.2, -0.15) is 0 Å². The number of rotatable bonds is 7. The lowest BCUT2D eigenvalue weighted by atomic mass is 10.0. The SMILES string of the molecule is Cc1ncc2c(c1OC(=O)CCCO[N+](=O)[O-])CO[C@H]2c1ccc(Cl)cc1. The number of aryl methyl sites for hydroxylation is 1. The summed E-state index contributed by atoms with van der Waals surface area (Å²) in [4.78, 5) is 30.7. The first kappa shape index (κ1) is 19.1. The smallest absolute Gasteiger partial charge is 0.311 e. The molecule has 0 unspecified atom stereocenters. The van der Waals surface area contributed by atoms with Gasteiger partial charge in [-0.05, 0) is 31.0 Å². The molecule has 0 N–H and O–H groups in total. The molecule has 1 aromatic heterocycles. The molecule has 0 spiro atoms. The molecule has 1 aliphatic heterocycles. The molecule has 0 radical (unpaired) electrons. The van der Waals surface area contributed by atoms with E-state index in [-0.39, 0.29) is 25.6 Å². The third-order valence-electron chi connectivity index (χ3n) is 4.14. The molecule has 0 amide bonds. The molecule has 3 rings (SSSR count). The summed E-state index contributed by atoms with van der Waals surface area (Å²) in [5.74, 6) is -0.126. The highest BCUT2D eigenvalue weighted by Crippen LogP contribution is 2.41. The molecule has 9 heteroatoms. The Hall–Kier alpha value is -2.71. The van der Waals surface area contributed by atoms with E-state index in [1.54, 1.807) is 25.3 Å². The van der Waals surface area contributed by atoms with Gasteiger partial charge in [0.15, 0.2) is 5.75 Å². The van der Waals surface area contributed by atoms with Gasteiger partial charge in [0.1, 0.15) is 6.10 Å². The quantitative estimate of drug-likeness (QED) is 0.307. The predicted octanol–water partition coefficient (Wildman–Crippen LogP) is 3.56. The van der Waals surface area contributed by atoms with Crippen molar-refractivity contribution in [3.63, 3.8) is 0 Å². The fourth-order valence-electron chi connectivity index (χ4n) is 2.85. The largest absolute Gasteiger partial charge is 0.424 e. The van der Waals surface area contributed by atoms with Gasteiger partial charge in [-0.1, -0.05) is 23.7 Å². The monoisotopic (exact) mass is 392 g/mol. The second-order valence-electron chi connectivity index (χ2n) is 5.98. The number of pyridine rings is 1. The van der Waals surface area contributed by atoms with Gasteiger partial charge in [0.05, 0.1) is 18.9 Å². The van der Waals surface area contributed by atoms with Crippen LogP contribution in [0, 0.1) is 17.0 Å². The number of nitrogens with zero attached hydrogens (tertiary/aromatic N) is 2. The highest BCUT2D eigenvalue weighted by molar-refractivity contribution is 6.30. The minimum Gasteiger partial charge on any atom is -0.424 e. The Morgan fingerprint density at radius 1 is 1.41 bits per heavy atom. The number of hydrogen-bond acceptors (Lipinski definition) is 7. The summed E-state index contributed by atoms with van der Waals surface area (Å²) in [6, 6.07) is 7.33. The Bertz CT molecular complexity index is 856. The maximum atomic E-state index is 12.1. The lowest BCUT2D eigenvalue weighted by Gasteiger charge is -2.13. The van der Waals surface area contributed by atoms with Crippen LogP contribution >= 0.6 is 11.6 Å². The van der Waals surface area contributed by atoms with Crippen molar-refractivity contribution in [2.45, 2.75) is 32.5 Å². The highest BCUT2D eigenvalue weighted by atomic mass is 35.5. The van der Waals surface area contributed by atoms with Gasteiger partial charge in [-0.3, -0.25) is 9.78 Å². The fourth-order valence-corrected chi connectivity index (χ4v) is 2.98. The highest BCUT2D eigenvalue weighted by Gasteiger charge is 2.30. The molecule has 0 fully saturated rings. The van der Waals surface area contributed by atoms with Crippen molar-refractivity contribution >= 4 is 17.6 Å². The van der Waals surface area contributed by atoms with E-state index in [1.807, 2.05) is 12.1 Å². The van der Waals surface area contributed by atoms with E-state index in [4.69, 9.17) is 21.1 Å². The molecule has 142 valence electrons. The summed E-state index contributed by atoms with van der Waals surface area (Å²) in [6.45, 7) is 1.88. The van der Waals surface area contributed by atoms with Crippen LogP contribution < -0.4 is 4.74 Å². The van der Waals surface area contributed by atoms with Crippen molar-refractivity contribution in [2.24, 2.45) is 0 Å². The first-order chi connectivity index (χ1) is 13.0. The van der Waals surface area contributed by atoms with Gasteiger partial charge in [0.25, 0.3) is 5.09 Å². The number of aromatic nitrogens is 1. The Morgan fingerprint density at radius 2 is 2.15 bits per heavy atom. The van der Waals surface area contributed by atoms with Crippen molar-refractivity contribution in [2.75, 3.05) is 6.61 Å². The normalized spacial score (nSPS) is 15.3. The van der Waals surface area contributed by atoms with E-state index in [9.17, 15) is 14.9 Å². The minimum absolute atomic E-state index is 0.00157. The van der Waals surface area contributed by atoms with E-state index < -0.39 is 11.1 Å². The molecule has 1 atom stereocenters. The molecular weight excluding hydrogens is 376 g/mol. The molecule has 0 bridgehead atoms. The van der Waals surface area contributed by atoms with E-state index in [1.165, 1.54) is 0 Å². The number of halogens is 1. The Balaban J connectivity index is 1.73. The minimum atomic E-state index is -0.891. The first-order valence-electron chi connectivity index (χ1n) is 8.29. The van der Waals surface area contributed by atoms with Crippen molar-refractivity contribution in [1.29, 1.82) is 0 Å². The first-order valence-corrected chi connectivity index (χ1v) is 8.67. The molecular formula is C18H17ClN2O6. The number of fused-ring (bicyclic) bond motifs is 1. The van der Waals surface area contributed by atoms with E-state index in [0.717, 1.165) is 16.7 Å². The maximum absolute atomic E-state index is 12.1. The van der Waals surface area contributed by atoms with Gasteiger partial charge < -0.3 is 14.3 Å². The van der Waals surface area contributed by atoms with Crippen LogP contribution in [0.4, 0.5) is 0 Å².